The highest BCUT2D eigenvalue weighted by Crippen LogP contribution is 2.35. The number of nitrogens with one attached hydrogen (secondary N) is 2. The highest BCUT2D eigenvalue weighted by molar-refractivity contribution is 5.59. The van der Waals surface area contributed by atoms with Crippen molar-refractivity contribution in [1.29, 1.82) is 0 Å². The zero-order valence-electron chi connectivity index (χ0n) is 12.2. The highest BCUT2D eigenvalue weighted by atomic mass is 19.4. The van der Waals surface area contributed by atoms with Gasteiger partial charge in [-0.1, -0.05) is 32.9 Å². The zero-order chi connectivity index (χ0) is 16.5. The molecule has 1 aromatic carbocycles. The molecule has 0 aliphatic rings. The number of anilines is 2. The number of rotatable bonds is 2. The molecule has 1 aromatic heterocycles. The van der Waals surface area contributed by atoms with E-state index < -0.39 is 22.7 Å². The van der Waals surface area contributed by atoms with Crippen molar-refractivity contribution >= 4 is 11.6 Å². The average molecular weight is 312 g/mol. The molecule has 2 aromatic rings. The van der Waals surface area contributed by atoms with Gasteiger partial charge in [-0.3, -0.25) is 9.78 Å². The van der Waals surface area contributed by atoms with Crippen LogP contribution in [-0.2, 0) is 11.6 Å². The zero-order valence-corrected chi connectivity index (χ0v) is 12.2. The fourth-order valence-corrected chi connectivity index (χ4v) is 1.85. The number of para-hydroxylation sites is 1. The van der Waals surface area contributed by atoms with Crippen molar-refractivity contribution in [2.24, 2.45) is 0 Å². The molecule has 0 fully saturated rings. The Balaban J connectivity index is 2.38. The fraction of sp³-hybridized carbons (Fsp3) is 0.357. The number of H-pyrrole nitrogens is 1. The highest BCUT2D eigenvalue weighted by Gasteiger charge is 2.33. The molecule has 0 bridgehead atoms. The molecule has 0 saturated heterocycles. The van der Waals surface area contributed by atoms with E-state index in [0.29, 0.717) is 0 Å². The van der Waals surface area contributed by atoms with Gasteiger partial charge in [0, 0.05) is 5.41 Å². The Morgan fingerprint density at radius 1 is 1.09 bits per heavy atom. The first-order valence-electron chi connectivity index (χ1n) is 6.50. The van der Waals surface area contributed by atoms with Gasteiger partial charge in [-0.2, -0.15) is 13.2 Å². The number of halogens is 3. The van der Waals surface area contributed by atoms with Gasteiger partial charge in [0.1, 0.15) is 5.69 Å². The number of hydrogen-bond donors (Lipinski definition) is 2. The topological polar surface area (TPSA) is 70.7 Å². The van der Waals surface area contributed by atoms with Gasteiger partial charge in [-0.25, -0.2) is 0 Å². The maximum absolute atomic E-state index is 12.9. The molecular weight excluding hydrogens is 297 g/mol. The van der Waals surface area contributed by atoms with Crippen LogP contribution in [0.1, 0.15) is 32.0 Å². The molecule has 118 valence electrons. The Hall–Kier alpha value is -2.38. The second-order valence-corrected chi connectivity index (χ2v) is 5.77. The van der Waals surface area contributed by atoms with Crippen molar-refractivity contribution in [3.8, 4) is 0 Å². The first kappa shape index (κ1) is 16.0. The Labute approximate surface area is 124 Å². The van der Waals surface area contributed by atoms with E-state index in [0.717, 1.165) is 6.07 Å². The minimum atomic E-state index is -4.51. The minimum absolute atomic E-state index is 0.144. The molecular formula is C14H15F3N4O. The summed E-state index contributed by atoms with van der Waals surface area (Å²) in [7, 11) is 0. The van der Waals surface area contributed by atoms with E-state index in [9.17, 15) is 18.0 Å². The van der Waals surface area contributed by atoms with E-state index in [1.807, 2.05) is 0 Å². The lowest BCUT2D eigenvalue weighted by atomic mass is 9.93. The Kier molecular flexibility index (Phi) is 3.95. The lowest BCUT2D eigenvalue weighted by Crippen LogP contribution is -2.28. The van der Waals surface area contributed by atoms with Gasteiger partial charge in [0.25, 0.3) is 5.56 Å². The molecule has 0 amide bonds. The van der Waals surface area contributed by atoms with Crippen LogP contribution in [-0.4, -0.2) is 15.2 Å². The van der Waals surface area contributed by atoms with Crippen LogP contribution in [0.2, 0.25) is 0 Å². The molecule has 0 radical (unpaired) electrons. The molecule has 0 saturated carbocycles. The first-order valence-corrected chi connectivity index (χ1v) is 6.50. The van der Waals surface area contributed by atoms with Gasteiger partial charge in [0.15, 0.2) is 0 Å². The Morgan fingerprint density at radius 2 is 1.73 bits per heavy atom. The van der Waals surface area contributed by atoms with Crippen LogP contribution >= 0.6 is 0 Å². The van der Waals surface area contributed by atoms with Gasteiger partial charge in [0.05, 0.1) is 11.3 Å². The number of benzene rings is 1. The van der Waals surface area contributed by atoms with Crippen molar-refractivity contribution in [1.82, 2.24) is 15.2 Å². The van der Waals surface area contributed by atoms with E-state index in [1.54, 1.807) is 20.8 Å². The summed E-state index contributed by atoms with van der Waals surface area (Å²) in [4.78, 5) is 14.3. The summed E-state index contributed by atoms with van der Waals surface area (Å²) < 4.78 is 38.7. The average Bonchev–Trinajstić information content (AvgIpc) is 2.36. The van der Waals surface area contributed by atoms with E-state index in [4.69, 9.17) is 0 Å². The summed E-state index contributed by atoms with van der Waals surface area (Å²) in [5, 5.41) is 9.99. The number of alkyl halides is 3. The third kappa shape index (κ3) is 3.44. The van der Waals surface area contributed by atoms with E-state index in [1.165, 1.54) is 18.2 Å². The Bertz CT molecular complexity index is 732. The third-order valence-electron chi connectivity index (χ3n) is 2.89. The van der Waals surface area contributed by atoms with Gasteiger partial charge in [0.2, 0.25) is 5.95 Å². The summed E-state index contributed by atoms with van der Waals surface area (Å²) in [5.41, 5.74) is -1.85. The van der Waals surface area contributed by atoms with E-state index in [2.05, 4.69) is 20.5 Å². The molecule has 5 nitrogen and oxygen atoms in total. The molecule has 0 aliphatic heterocycles. The van der Waals surface area contributed by atoms with E-state index in [-0.39, 0.29) is 17.3 Å². The van der Waals surface area contributed by atoms with Gasteiger partial charge >= 0.3 is 6.18 Å². The molecule has 1 heterocycles. The van der Waals surface area contributed by atoms with Crippen LogP contribution in [0.5, 0.6) is 0 Å². The van der Waals surface area contributed by atoms with Crippen LogP contribution in [0, 0.1) is 0 Å². The molecule has 8 heteroatoms. The minimum Gasteiger partial charge on any atom is -0.324 e. The molecule has 22 heavy (non-hydrogen) atoms. The lowest BCUT2D eigenvalue weighted by molar-refractivity contribution is -0.136. The smallest absolute Gasteiger partial charge is 0.324 e. The Morgan fingerprint density at radius 3 is 2.27 bits per heavy atom. The van der Waals surface area contributed by atoms with Crippen molar-refractivity contribution < 1.29 is 13.2 Å². The summed E-state index contributed by atoms with van der Waals surface area (Å²) in [6.45, 7) is 5.37. The van der Waals surface area contributed by atoms with Crippen LogP contribution in [0.3, 0.4) is 0 Å². The monoisotopic (exact) mass is 312 g/mol. The number of aromatic nitrogens is 3. The van der Waals surface area contributed by atoms with E-state index >= 15 is 0 Å². The molecule has 0 unspecified atom stereocenters. The largest absolute Gasteiger partial charge is 0.418 e. The number of hydrogen-bond acceptors (Lipinski definition) is 4. The second-order valence-electron chi connectivity index (χ2n) is 5.77. The van der Waals surface area contributed by atoms with Crippen molar-refractivity contribution in [2.75, 3.05) is 5.32 Å². The SMILES string of the molecule is CC(C)(C)c1nnc(Nc2ccccc2C(F)(F)F)[nH]c1=O. The first-order chi connectivity index (χ1) is 10.1. The molecule has 0 atom stereocenters. The summed E-state index contributed by atoms with van der Waals surface area (Å²) in [5.74, 6) is -0.144. The maximum atomic E-state index is 12.9. The fourth-order valence-electron chi connectivity index (χ4n) is 1.85. The predicted molar refractivity (Wildman–Crippen MR) is 76.1 cm³/mol. The van der Waals surface area contributed by atoms with Gasteiger partial charge in [-0.15, -0.1) is 10.2 Å². The molecule has 0 spiro atoms. The van der Waals surface area contributed by atoms with Crippen LogP contribution < -0.4 is 10.9 Å². The maximum Gasteiger partial charge on any atom is 0.418 e. The molecule has 2 N–H and O–H groups in total. The van der Waals surface area contributed by atoms with Crippen LogP contribution in [0.15, 0.2) is 29.1 Å². The standard InChI is InChI=1S/C14H15F3N4O/c1-13(2,3)10-11(22)19-12(21-20-10)18-9-7-5-4-6-8(9)14(15,16)17/h4-7H,1-3H3,(H2,18,19,21,22). The summed E-state index contributed by atoms with van der Waals surface area (Å²) in [6.07, 6.45) is -4.51. The van der Waals surface area contributed by atoms with Crippen LogP contribution in [0.25, 0.3) is 0 Å². The quantitative estimate of drug-likeness (QED) is 0.893. The van der Waals surface area contributed by atoms with Crippen molar-refractivity contribution in [3.63, 3.8) is 0 Å². The third-order valence-corrected chi connectivity index (χ3v) is 2.89. The molecule has 2 rings (SSSR count). The molecule has 0 aliphatic carbocycles. The van der Waals surface area contributed by atoms with Gasteiger partial charge < -0.3 is 5.32 Å². The second kappa shape index (κ2) is 5.43. The lowest BCUT2D eigenvalue weighted by Gasteiger charge is -2.16. The number of aromatic amines is 1. The predicted octanol–water partition coefficient (Wildman–Crippen LogP) is 3.22. The van der Waals surface area contributed by atoms with Crippen molar-refractivity contribution in [3.05, 3.63) is 45.9 Å². The van der Waals surface area contributed by atoms with Crippen molar-refractivity contribution in [2.45, 2.75) is 32.4 Å². The van der Waals surface area contributed by atoms with Crippen LogP contribution in [0.4, 0.5) is 24.8 Å². The summed E-state index contributed by atoms with van der Waals surface area (Å²) in [6, 6.07) is 4.93. The number of nitrogens with zero attached hydrogens (tertiary/aromatic N) is 2. The summed E-state index contributed by atoms with van der Waals surface area (Å²) >= 11 is 0. The normalized spacial score (nSPS) is 12.3. The van der Waals surface area contributed by atoms with Gasteiger partial charge in [-0.05, 0) is 12.1 Å².